The van der Waals surface area contributed by atoms with Crippen molar-refractivity contribution in [1.29, 1.82) is 0 Å². The molecule has 2 aromatic heterocycles. The Labute approximate surface area is 144 Å². The minimum atomic E-state index is 0.0651. The molecule has 0 N–H and O–H groups in total. The number of carbonyl (C=O) groups is 1. The largest absolute Gasteiger partial charge is 0.339 e. The van der Waals surface area contributed by atoms with E-state index < -0.39 is 0 Å². The van der Waals surface area contributed by atoms with Gasteiger partial charge in [0.05, 0.1) is 6.04 Å². The van der Waals surface area contributed by atoms with Gasteiger partial charge < -0.3 is 9.42 Å². The fraction of sp³-hybridized carbons (Fsp3) is 0.278. The number of amides is 1. The quantitative estimate of drug-likeness (QED) is 0.681. The normalized spacial score (nSPS) is 12.1. The van der Waals surface area contributed by atoms with Gasteiger partial charge in [0, 0.05) is 30.3 Å². The molecule has 24 heavy (non-hydrogen) atoms. The molecule has 3 aromatic rings. The van der Waals surface area contributed by atoms with E-state index in [-0.39, 0.29) is 11.9 Å². The number of hydrogen-bond acceptors (Lipinski definition) is 5. The Kier molecular flexibility index (Phi) is 5.05. The lowest BCUT2D eigenvalue weighted by atomic mass is 10.2. The first-order valence-electron chi connectivity index (χ1n) is 7.82. The summed E-state index contributed by atoms with van der Waals surface area (Å²) >= 11 is 1.66. The van der Waals surface area contributed by atoms with E-state index in [2.05, 4.69) is 10.1 Å². The Hall–Kier alpha value is -2.47. The molecule has 0 fully saturated rings. The van der Waals surface area contributed by atoms with Crippen molar-refractivity contribution >= 4 is 17.2 Å². The molecule has 0 spiro atoms. The van der Waals surface area contributed by atoms with Gasteiger partial charge in [-0.15, -0.1) is 11.3 Å². The molecule has 0 aliphatic heterocycles. The first-order chi connectivity index (χ1) is 11.6. The summed E-state index contributed by atoms with van der Waals surface area (Å²) in [4.78, 5) is 19.7. The maximum atomic E-state index is 12.4. The van der Waals surface area contributed by atoms with E-state index >= 15 is 0 Å². The second-order valence-corrected chi connectivity index (χ2v) is 6.55. The molecule has 0 bridgehead atoms. The Morgan fingerprint density at radius 1 is 1.25 bits per heavy atom. The molecular formula is C18H19N3O2S. The number of aromatic nitrogens is 2. The highest BCUT2D eigenvalue weighted by atomic mass is 32.1. The Bertz CT molecular complexity index is 784. The van der Waals surface area contributed by atoms with Gasteiger partial charge in [0.1, 0.15) is 0 Å². The maximum absolute atomic E-state index is 12.4. The van der Waals surface area contributed by atoms with E-state index in [1.165, 1.54) is 4.88 Å². The molecule has 3 rings (SSSR count). The fourth-order valence-electron chi connectivity index (χ4n) is 2.39. The van der Waals surface area contributed by atoms with Gasteiger partial charge in [-0.3, -0.25) is 4.79 Å². The van der Waals surface area contributed by atoms with Gasteiger partial charge in [0.25, 0.3) is 0 Å². The lowest BCUT2D eigenvalue weighted by Crippen LogP contribution is -2.29. The van der Waals surface area contributed by atoms with Crippen molar-refractivity contribution in [3.8, 4) is 11.4 Å². The van der Waals surface area contributed by atoms with Crippen LogP contribution in [-0.2, 0) is 11.2 Å². The third-order valence-corrected chi connectivity index (χ3v) is 5.02. The van der Waals surface area contributed by atoms with E-state index in [1.54, 1.807) is 16.2 Å². The van der Waals surface area contributed by atoms with Crippen LogP contribution in [0.1, 0.15) is 30.2 Å². The Morgan fingerprint density at radius 3 is 2.75 bits per heavy atom. The summed E-state index contributed by atoms with van der Waals surface area (Å²) < 4.78 is 5.25. The summed E-state index contributed by atoms with van der Waals surface area (Å²) in [7, 11) is 1.83. The third kappa shape index (κ3) is 3.71. The van der Waals surface area contributed by atoms with Crippen molar-refractivity contribution < 1.29 is 9.32 Å². The van der Waals surface area contributed by atoms with Gasteiger partial charge in [-0.2, -0.15) is 4.98 Å². The molecule has 2 heterocycles. The summed E-state index contributed by atoms with van der Waals surface area (Å²) in [6, 6.07) is 13.8. The van der Waals surface area contributed by atoms with Gasteiger partial charge in [0.2, 0.25) is 17.6 Å². The van der Waals surface area contributed by atoms with Crippen molar-refractivity contribution in [2.45, 2.75) is 25.8 Å². The minimum absolute atomic E-state index is 0.0651. The topological polar surface area (TPSA) is 59.2 Å². The van der Waals surface area contributed by atoms with Gasteiger partial charge in [-0.25, -0.2) is 0 Å². The van der Waals surface area contributed by atoms with Gasteiger partial charge in [-0.1, -0.05) is 41.6 Å². The van der Waals surface area contributed by atoms with Crippen molar-refractivity contribution in [3.05, 3.63) is 58.6 Å². The highest BCUT2D eigenvalue weighted by Gasteiger charge is 2.19. The van der Waals surface area contributed by atoms with E-state index in [1.807, 2.05) is 61.8 Å². The first-order valence-corrected chi connectivity index (χ1v) is 8.70. The molecule has 0 aliphatic rings. The minimum Gasteiger partial charge on any atom is -0.339 e. The number of hydrogen-bond donors (Lipinski definition) is 0. The van der Waals surface area contributed by atoms with Crippen LogP contribution in [-0.4, -0.2) is 28.0 Å². The smallest absolute Gasteiger partial charge is 0.227 e. The third-order valence-electron chi connectivity index (χ3n) is 3.98. The number of benzene rings is 1. The lowest BCUT2D eigenvalue weighted by Gasteiger charge is -2.23. The van der Waals surface area contributed by atoms with Crippen molar-refractivity contribution in [2.24, 2.45) is 0 Å². The van der Waals surface area contributed by atoms with Crippen LogP contribution < -0.4 is 0 Å². The second-order valence-electron chi connectivity index (χ2n) is 5.57. The van der Waals surface area contributed by atoms with Crippen molar-refractivity contribution in [1.82, 2.24) is 15.0 Å². The number of nitrogens with zero attached hydrogens (tertiary/aromatic N) is 3. The lowest BCUT2D eigenvalue weighted by molar-refractivity contribution is -0.131. The highest BCUT2D eigenvalue weighted by molar-refractivity contribution is 7.10. The number of carbonyl (C=O) groups excluding carboxylic acids is 1. The molecule has 1 amide bonds. The van der Waals surface area contributed by atoms with Crippen molar-refractivity contribution in [2.75, 3.05) is 7.05 Å². The van der Waals surface area contributed by atoms with Crippen molar-refractivity contribution in [3.63, 3.8) is 0 Å². The van der Waals surface area contributed by atoms with Crippen LogP contribution in [0.25, 0.3) is 11.4 Å². The number of aryl methyl sites for hydroxylation is 1. The predicted molar refractivity (Wildman–Crippen MR) is 93.6 cm³/mol. The Morgan fingerprint density at radius 2 is 2.04 bits per heavy atom. The van der Waals surface area contributed by atoms with Crippen LogP contribution in [0, 0.1) is 0 Å². The van der Waals surface area contributed by atoms with Crippen LogP contribution in [0.15, 0.2) is 52.4 Å². The summed E-state index contributed by atoms with van der Waals surface area (Å²) in [5.74, 6) is 1.10. The van der Waals surface area contributed by atoms with Gasteiger partial charge in [-0.05, 0) is 18.4 Å². The zero-order chi connectivity index (χ0) is 16.9. The molecule has 0 unspecified atom stereocenters. The second kappa shape index (κ2) is 7.40. The highest BCUT2D eigenvalue weighted by Crippen LogP contribution is 2.24. The maximum Gasteiger partial charge on any atom is 0.227 e. The zero-order valence-corrected chi connectivity index (χ0v) is 14.5. The van der Waals surface area contributed by atoms with Crippen LogP contribution in [0.4, 0.5) is 0 Å². The van der Waals surface area contributed by atoms with Crippen LogP contribution in [0.3, 0.4) is 0 Å². The van der Waals surface area contributed by atoms with Gasteiger partial charge in [0.15, 0.2) is 0 Å². The molecule has 6 heteroatoms. The average Bonchev–Trinajstić information content (AvgIpc) is 3.31. The molecule has 0 radical (unpaired) electrons. The molecule has 1 atom stereocenters. The van der Waals surface area contributed by atoms with Crippen LogP contribution in [0.2, 0.25) is 0 Å². The zero-order valence-electron chi connectivity index (χ0n) is 13.7. The summed E-state index contributed by atoms with van der Waals surface area (Å²) in [5.41, 5.74) is 0.905. The summed E-state index contributed by atoms with van der Waals surface area (Å²) in [5, 5.41) is 6.00. The Balaban J connectivity index is 1.58. The summed E-state index contributed by atoms with van der Waals surface area (Å²) in [6.07, 6.45) is 0.794. The molecule has 1 aromatic carbocycles. The van der Waals surface area contributed by atoms with Gasteiger partial charge >= 0.3 is 0 Å². The number of thiophene rings is 1. The fourth-order valence-corrected chi connectivity index (χ4v) is 3.21. The molecule has 0 saturated carbocycles. The summed E-state index contributed by atoms with van der Waals surface area (Å²) in [6.45, 7) is 2.03. The average molecular weight is 341 g/mol. The first kappa shape index (κ1) is 16.4. The van der Waals surface area contributed by atoms with E-state index in [0.29, 0.717) is 24.6 Å². The van der Waals surface area contributed by atoms with E-state index in [0.717, 1.165) is 5.56 Å². The van der Waals surface area contributed by atoms with E-state index in [9.17, 15) is 4.79 Å². The monoisotopic (exact) mass is 341 g/mol. The predicted octanol–water partition coefficient (Wildman–Crippen LogP) is 3.95. The molecule has 5 nitrogen and oxygen atoms in total. The molecule has 0 aliphatic carbocycles. The molecular weight excluding hydrogens is 322 g/mol. The molecule has 124 valence electrons. The standard InChI is InChI=1S/C18H19N3O2S/c1-13(15-9-6-12-24-15)21(2)17(22)11-10-16-19-18(20-23-16)14-7-4-3-5-8-14/h3-9,12-13H,10-11H2,1-2H3/t13-/m0/s1. The number of rotatable bonds is 6. The van der Waals surface area contributed by atoms with E-state index in [4.69, 9.17) is 4.52 Å². The van der Waals surface area contributed by atoms with Crippen LogP contribution >= 0.6 is 11.3 Å². The SMILES string of the molecule is C[C@@H](c1cccs1)N(C)C(=O)CCc1nc(-c2ccccc2)no1. The van der Waals surface area contributed by atoms with Crippen LogP contribution in [0.5, 0.6) is 0 Å². The molecule has 0 saturated heterocycles.